The molecule has 0 aromatic rings. The molecular weight excluding hydrogens is 327 g/mol. The third-order valence-corrected chi connectivity index (χ3v) is 5.42. The fraction of sp³-hybridized carbons (Fsp3) is 0.909. The predicted octanol–water partition coefficient (Wildman–Crippen LogP) is -2.87. The Morgan fingerprint density at radius 2 is 2.13 bits per heavy atom. The number of hydrogen-bond acceptors (Lipinski definition) is 7. The van der Waals surface area contributed by atoms with Gasteiger partial charge in [0.15, 0.2) is 0 Å². The minimum absolute atomic E-state index is 0.0326. The van der Waals surface area contributed by atoms with E-state index in [1.807, 2.05) is 0 Å². The summed E-state index contributed by atoms with van der Waals surface area (Å²) in [4.78, 5) is 11.5. The van der Waals surface area contributed by atoms with Gasteiger partial charge >= 0.3 is 13.1 Å². The van der Waals surface area contributed by atoms with E-state index in [9.17, 15) is 18.3 Å². The van der Waals surface area contributed by atoms with Crippen molar-refractivity contribution in [2.24, 2.45) is 17.4 Å². The van der Waals surface area contributed by atoms with Gasteiger partial charge in [-0.2, -0.15) is 12.7 Å². The molecular formula is C11H25BN4O6S. The Morgan fingerprint density at radius 3 is 2.61 bits per heavy atom. The van der Waals surface area contributed by atoms with E-state index >= 15 is 0 Å². The summed E-state index contributed by atoms with van der Waals surface area (Å²) in [5.74, 6) is -1.90. The van der Waals surface area contributed by atoms with E-state index in [1.165, 1.54) is 0 Å². The number of carboxylic acids is 1. The third kappa shape index (κ3) is 5.38. The van der Waals surface area contributed by atoms with E-state index in [4.69, 9.17) is 21.5 Å². The average molecular weight is 352 g/mol. The summed E-state index contributed by atoms with van der Waals surface area (Å²) >= 11 is 0. The minimum atomic E-state index is -3.87. The lowest BCUT2D eigenvalue weighted by Crippen LogP contribution is -2.55. The Balaban J connectivity index is 2.81. The quantitative estimate of drug-likeness (QED) is 0.240. The number of aliphatic carboxylic acids is 1. The monoisotopic (exact) mass is 352 g/mol. The number of carboxylic acid groups (broad SMARTS) is 1. The zero-order valence-corrected chi connectivity index (χ0v) is 13.9. The Kier molecular flexibility index (Phi) is 6.95. The first-order valence-corrected chi connectivity index (χ1v) is 8.81. The number of nitrogens with zero attached hydrogens (tertiary/aromatic N) is 1. The summed E-state index contributed by atoms with van der Waals surface area (Å²) in [6, 6.07) is -0.378. The number of rotatable bonds is 9. The van der Waals surface area contributed by atoms with Crippen molar-refractivity contribution in [2.75, 3.05) is 19.6 Å². The van der Waals surface area contributed by atoms with Gasteiger partial charge in [-0.25, -0.2) is 4.72 Å². The number of nitrogens with two attached hydrogens (primary N) is 2. The highest BCUT2D eigenvalue weighted by Gasteiger charge is 2.52. The molecule has 10 nitrogen and oxygen atoms in total. The molecule has 0 unspecified atom stereocenters. The van der Waals surface area contributed by atoms with Crippen LogP contribution in [0.25, 0.3) is 0 Å². The molecule has 1 fully saturated rings. The summed E-state index contributed by atoms with van der Waals surface area (Å²) in [6.07, 6.45) is 0.678. The maximum absolute atomic E-state index is 12.2. The molecule has 0 aromatic carbocycles. The second-order valence-corrected chi connectivity index (χ2v) is 7.83. The van der Waals surface area contributed by atoms with Crippen LogP contribution in [0.15, 0.2) is 0 Å². The molecule has 23 heavy (non-hydrogen) atoms. The molecule has 12 heteroatoms. The van der Waals surface area contributed by atoms with Crippen LogP contribution in [-0.4, -0.2) is 72.2 Å². The summed E-state index contributed by atoms with van der Waals surface area (Å²) in [6.45, 7) is 1.28. The molecule has 8 N–H and O–H groups in total. The van der Waals surface area contributed by atoms with Crippen molar-refractivity contribution in [1.29, 1.82) is 0 Å². The van der Waals surface area contributed by atoms with Crippen LogP contribution in [0.1, 0.15) is 19.8 Å². The molecule has 1 aliphatic rings. The fourth-order valence-electron chi connectivity index (χ4n) is 2.54. The van der Waals surface area contributed by atoms with Crippen LogP contribution >= 0.6 is 0 Å². The average Bonchev–Trinajstić information content (AvgIpc) is 2.76. The summed E-state index contributed by atoms with van der Waals surface area (Å²) in [5.41, 5.74) is 9.73. The smallest absolute Gasteiger partial charge is 0.451 e. The summed E-state index contributed by atoms with van der Waals surface area (Å²) in [7, 11) is -5.36. The summed E-state index contributed by atoms with van der Waals surface area (Å²) < 4.78 is 27.7. The van der Waals surface area contributed by atoms with Crippen LogP contribution in [0.5, 0.6) is 0 Å². The van der Waals surface area contributed by atoms with Crippen LogP contribution in [0.2, 0.25) is 6.32 Å². The van der Waals surface area contributed by atoms with Crippen molar-refractivity contribution in [2.45, 2.75) is 37.7 Å². The summed E-state index contributed by atoms with van der Waals surface area (Å²) in [5, 5.41) is 27.1. The molecule has 0 aromatic heterocycles. The molecule has 0 amide bonds. The standard InChI is InChI=1S/C11H25BN4O6S/c1-8(13)5-15-23(21,22)16-6-9(3-2-4-12(19)20)11(14,7-16)10(17)18/h8-9,15,19-20H,2-7,13-14H2,1H3,(H,17,18)/t8-,9+,11+/m1/s1. The SMILES string of the molecule is C[C@@H](N)CNS(=O)(=O)N1C[C@H](CCCB(O)O)[C@](N)(C(=O)O)C1. The van der Waals surface area contributed by atoms with Gasteiger partial charge in [0.25, 0.3) is 10.2 Å². The van der Waals surface area contributed by atoms with Gasteiger partial charge in [0.05, 0.1) is 0 Å². The highest BCUT2D eigenvalue weighted by Crippen LogP contribution is 2.31. The number of nitrogens with one attached hydrogen (secondary N) is 1. The van der Waals surface area contributed by atoms with Gasteiger partial charge < -0.3 is 26.6 Å². The first-order chi connectivity index (χ1) is 10.5. The normalized spacial score (nSPS) is 27.1. The Hall–Kier alpha value is -0.755. The molecule has 134 valence electrons. The lowest BCUT2D eigenvalue weighted by molar-refractivity contribution is -0.144. The van der Waals surface area contributed by atoms with Crippen molar-refractivity contribution in [3.05, 3.63) is 0 Å². The zero-order chi connectivity index (χ0) is 17.8. The van der Waals surface area contributed by atoms with Gasteiger partial charge in [-0.3, -0.25) is 4.79 Å². The zero-order valence-electron chi connectivity index (χ0n) is 13.1. The minimum Gasteiger partial charge on any atom is -0.480 e. The van der Waals surface area contributed by atoms with Gasteiger partial charge in [-0.1, -0.05) is 6.42 Å². The molecule has 1 rings (SSSR count). The topological polar surface area (TPSA) is 179 Å². The highest BCUT2D eigenvalue weighted by atomic mass is 32.2. The van der Waals surface area contributed by atoms with E-state index in [-0.39, 0.29) is 38.4 Å². The first-order valence-electron chi connectivity index (χ1n) is 7.37. The molecule has 0 spiro atoms. The maximum Gasteiger partial charge on any atom is 0.451 e. The van der Waals surface area contributed by atoms with E-state index in [0.717, 1.165) is 4.31 Å². The van der Waals surface area contributed by atoms with Crippen molar-refractivity contribution < 1.29 is 28.4 Å². The molecule has 1 saturated heterocycles. The van der Waals surface area contributed by atoms with Gasteiger partial charge in [-0.15, -0.1) is 0 Å². The predicted molar refractivity (Wildman–Crippen MR) is 84.4 cm³/mol. The molecule has 0 radical (unpaired) electrons. The Bertz CT molecular complexity index is 517. The second-order valence-electron chi connectivity index (χ2n) is 6.08. The van der Waals surface area contributed by atoms with E-state index in [1.54, 1.807) is 6.92 Å². The lowest BCUT2D eigenvalue weighted by Gasteiger charge is -2.25. The van der Waals surface area contributed by atoms with Crippen molar-refractivity contribution in [3.8, 4) is 0 Å². The van der Waals surface area contributed by atoms with Gasteiger partial charge in [0, 0.05) is 31.6 Å². The van der Waals surface area contributed by atoms with Crippen molar-refractivity contribution in [1.82, 2.24) is 9.03 Å². The van der Waals surface area contributed by atoms with E-state index < -0.39 is 34.8 Å². The van der Waals surface area contributed by atoms with Gasteiger partial charge in [0.1, 0.15) is 5.54 Å². The third-order valence-electron chi connectivity index (χ3n) is 3.93. The van der Waals surface area contributed by atoms with Crippen LogP contribution in [-0.2, 0) is 15.0 Å². The Labute approximate surface area is 136 Å². The van der Waals surface area contributed by atoms with Gasteiger partial charge in [0.2, 0.25) is 0 Å². The van der Waals surface area contributed by atoms with Gasteiger partial charge in [-0.05, 0) is 19.7 Å². The van der Waals surface area contributed by atoms with E-state index in [2.05, 4.69) is 4.72 Å². The molecule has 0 saturated carbocycles. The maximum atomic E-state index is 12.2. The van der Waals surface area contributed by atoms with Crippen molar-refractivity contribution in [3.63, 3.8) is 0 Å². The molecule has 0 bridgehead atoms. The van der Waals surface area contributed by atoms with Crippen LogP contribution < -0.4 is 16.2 Å². The second kappa shape index (κ2) is 7.88. The van der Waals surface area contributed by atoms with Crippen molar-refractivity contribution >= 4 is 23.3 Å². The van der Waals surface area contributed by atoms with E-state index in [0.29, 0.717) is 6.42 Å². The van der Waals surface area contributed by atoms with Crippen LogP contribution in [0, 0.1) is 5.92 Å². The van der Waals surface area contributed by atoms with Crippen LogP contribution in [0.4, 0.5) is 0 Å². The van der Waals surface area contributed by atoms with Crippen LogP contribution in [0.3, 0.4) is 0 Å². The lowest BCUT2D eigenvalue weighted by atomic mass is 9.78. The number of carbonyl (C=O) groups is 1. The molecule has 1 aliphatic heterocycles. The molecule has 0 aliphatic carbocycles. The Morgan fingerprint density at radius 1 is 1.52 bits per heavy atom. The molecule has 3 atom stereocenters. The fourth-order valence-corrected chi connectivity index (χ4v) is 3.96. The first kappa shape index (κ1) is 20.3. The number of hydrogen-bond donors (Lipinski definition) is 6. The largest absolute Gasteiger partial charge is 0.480 e. The molecule has 1 heterocycles. The highest BCUT2D eigenvalue weighted by molar-refractivity contribution is 7.87.